The van der Waals surface area contributed by atoms with Gasteiger partial charge in [-0.05, 0) is 12.8 Å². The molecule has 0 aliphatic rings. The first kappa shape index (κ1) is 50.5. The monoisotopic (exact) mass is 748 g/mol. The quantitative estimate of drug-likeness (QED) is 0.0327. The highest BCUT2D eigenvalue weighted by Gasteiger charge is 2.28. The van der Waals surface area contributed by atoms with Crippen molar-refractivity contribution in [2.75, 3.05) is 40.9 Å². The Kier molecular flexibility index (Phi) is 34.9. The maximum atomic E-state index is 12.8. The van der Waals surface area contributed by atoms with Gasteiger partial charge in [0.15, 0.2) is 0 Å². The van der Waals surface area contributed by atoms with Gasteiger partial charge in [0.1, 0.15) is 13.2 Å². The first-order valence-electron chi connectivity index (χ1n) is 21.9. The molecule has 0 saturated carbocycles. The number of amides is 1. The zero-order chi connectivity index (χ0) is 37.9. The molecule has 306 valence electrons. The zero-order valence-electron chi connectivity index (χ0n) is 34.6. The number of phosphoric ester groups is 1. The van der Waals surface area contributed by atoms with Crippen LogP contribution in [0.2, 0.25) is 0 Å². The second-order valence-corrected chi connectivity index (χ2v) is 17.9. The number of hydrogen-bond acceptors (Lipinski definition) is 5. The number of aliphatic hydroxyl groups excluding tert-OH is 1. The van der Waals surface area contributed by atoms with Gasteiger partial charge in [-0.15, -0.1) is 0 Å². The lowest BCUT2D eigenvalue weighted by Gasteiger charge is -2.26. The summed E-state index contributed by atoms with van der Waals surface area (Å²) in [5, 5.41) is 13.7. The van der Waals surface area contributed by atoms with Gasteiger partial charge in [0, 0.05) is 6.42 Å². The number of carbonyl (C=O) groups is 1. The Bertz CT molecular complexity index is 809. The van der Waals surface area contributed by atoms with Crippen LogP contribution in [0.3, 0.4) is 0 Å². The van der Waals surface area contributed by atoms with Gasteiger partial charge < -0.3 is 19.8 Å². The lowest BCUT2D eigenvalue weighted by atomic mass is 10.0. The Morgan fingerprint density at radius 1 is 0.588 bits per heavy atom. The number of nitrogens with zero attached hydrogens (tertiary/aromatic N) is 1. The summed E-state index contributed by atoms with van der Waals surface area (Å²) in [4.78, 5) is 22.9. The fourth-order valence-corrected chi connectivity index (χ4v) is 7.31. The lowest BCUT2D eigenvalue weighted by Crippen LogP contribution is -2.46. The van der Waals surface area contributed by atoms with Crippen LogP contribution in [-0.2, 0) is 18.4 Å². The van der Waals surface area contributed by atoms with Gasteiger partial charge in [-0.1, -0.05) is 194 Å². The van der Waals surface area contributed by atoms with Crippen molar-refractivity contribution in [1.29, 1.82) is 0 Å². The molecule has 0 aromatic heterocycles. The van der Waals surface area contributed by atoms with Crippen LogP contribution in [0.5, 0.6) is 0 Å². The molecule has 0 fully saturated rings. The van der Waals surface area contributed by atoms with E-state index >= 15 is 0 Å². The van der Waals surface area contributed by atoms with E-state index in [9.17, 15) is 19.4 Å². The van der Waals surface area contributed by atoms with Crippen molar-refractivity contribution in [3.63, 3.8) is 0 Å². The molecular formula is C42H88N2O6P+. The summed E-state index contributed by atoms with van der Waals surface area (Å²) in [6.07, 6.45) is 37.5. The highest BCUT2D eigenvalue weighted by atomic mass is 31.2. The number of phosphoric acid groups is 1. The van der Waals surface area contributed by atoms with Crippen LogP contribution in [0.25, 0.3) is 0 Å². The van der Waals surface area contributed by atoms with Crippen LogP contribution in [-0.4, -0.2) is 73.4 Å². The molecule has 0 bridgehead atoms. The summed E-state index contributed by atoms with van der Waals surface area (Å²) < 4.78 is 23.4. The number of carbonyl (C=O) groups excluding carboxylic acids is 1. The molecule has 0 saturated heterocycles. The average Bonchev–Trinajstić information content (AvgIpc) is 3.07. The number of aliphatic hydroxyl groups is 1. The SMILES string of the molecule is CCCCCCCCCCCCCCCCCCCCCCCCCCC(=O)NC(COP(=O)(O)OCC[N+](C)(C)C)C(O)CCCCCCC. The van der Waals surface area contributed by atoms with Crippen molar-refractivity contribution in [1.82, 2.24) is 5.32 Å². The molecule has 0 heterocycles. The van der Waals surface area contributed by atoms with Gasteiger partial charge in [-0.2, -0.15) is 0 Å². The first-order chi connectivity index (χ1) is 24.5. The zero-order valence-corrected chi connectivity index (χ0v) is 35.5. The fraction of sp³-hybridized carbons (Fsp3) is 0.976. The van der Waals surface area contributed by atoms with Gasteiger partial charge in [-0.25, -0.2) is 4.57 Å². The highest BCUT2D eigenvalue weighted by molar-refractivity contribution is 7.47. The number of unbranched alkanes of at least 4 members (excludes halogenated alkanes) is 27. The molecule has 0 aliphatic heterocycles. The third kappa shape index (κ3) is 37.6. The summed E-state index contributed by atoms with van der Waals surface area (Å²) >= 11 is 0. The largest absolute Gasteiger partial charge is 0.472 e. The Balaban J connectivity index is 3.94. The van der Waals surface area contributed by atoms with E-state index in [1.165, 1.54) is 135 Å². The van der Waals surface area contributed by atoms with E-state index in [4.69, 9.17) is 9.05 Å². The van der Waals surface area contributed by atoms with Gasteiger partial charge in [-0.3, -0.25) is 13.8 Å². The summed E-state index contributed by atoms with van der Waals surface area (Å²) in [6, 6.07) is -0.750. The number of quaternary nitrogens is 1. The van der Waals surface area contributed by atoms with Crippen molar-refractivity contribution < 1.29 is 32.9 Å². The summed E-state index contributed by atoms with van der Waals surface area (Å²) in [6.45, 7) is 4.81. The minimum atomic E-state index is -4.29. The van der Waals surface area contributed by atoms with E-state index in [1.807, 2.05) is 21.1 Å². The van der Waals surface area contributed by atoms with E-state index in [2.05, 4.69) is 19.2 Å². The molecule has 0 aromatic carbocycles. The van der Waals surface area contributed by atoms with Gasteiger partial charge in [0.25, 0.3) is 0 Å². The molecule has 1 amide bonds. The number of hydrogen-bond donors (Lipinski definition) is 3. The van der Waals surface area contributed by atoms with Crippen molar-refractivity contribution in [3.8, 4) is 0 Å². The normalized spacial score (nSPS) is 14.4. The topological polar surface area (TPSA) is 105 Å². The van der Waals surface area contributed by atoms with E-state index < -0.39 is 20.0 Å². The first-order valence-corrected chi connectivity index (χ1v) is 23.4. The minimum absolute atomic E-state index is 0.0772. The summed E-state index contributed by atoms with van der Waals surface area (Å²) in [7, 11) is 1.62. The van der Waals surface area contributed by atoms with E-state index in [0.29, 0.717) is 23.9 Å². The summed E-state index contributed by atoms with van der Waals surface area (Å²) in [5.41, 5.74) is 0. The van der Waals surface area contributed by atoms with Crippen molar-refractivity contribution in [2.24, 2.45) is 0 Å². The van der Waals surface area contributed by atoms with E-state index in [-0.39, 0.29) is 19.1 Å². The number of rotatable bonds is 40. The van der Waals surface area contributed by atoms with Crippen LogP contribution in [0, 0.1) is 0 Å². The average molecular weight is 748 g/mol. The Labute approximate surface area is 317 Å². The molecule has 3 atom stereocenters. The van der Waals surface area contributed by atoms with Crippen LogP contribution in [0.1, 0.15) is 213 Å². The maximum Gasteiger partial charge on any atom is 0.472 e. The van der Waals surface area contributed by atoms with Gasteiger partial charge >= 0.3 is 7.82 Å². The van der Waals surface area contributed by atoms with E-state index in [0.717, 1.165) is 51.4 Å². The predicted octanol–water partition coefficient (Wildman–Crippen LogP) is 11.8. The Hall–Kier alpha value is -0.500. The molecular weight excluding hydrogens is 659 g/mol. The highest BCUT2D eigenvalue weighted by Crippen LogP contribution is 2.43. The van der Waals surface area contributed by atoms with Crippen LogP contribution in [0.4, 0.5) is 0 Å². The second-order valence-electron chi connectivity index (χ2n) is 16.4. The molecule has 8 nitrogen and oxygen atoms in total. The predicted molar refractivity (Wildman–Crippen MR) is 217 cm³/mol. The standard InChI is InChI=1S/C42H87N2O6P/c1-6-8-10-12-13-14-15-16-17-18-19-20-21-22-23-24-25-26-27-28-29-30-32-34-36-42(46)43-40(41(45)35-33-31-11-9-7-2)39-50-51(47,48)49-38-37-44(3,4)5/h40-41,45H,6-39H2,1-5H3,(H-,43,46,47,48)/p+1. The van der Waals surface area contributed by atoms with Crippen molar-refractivity contribution in [2.45, 2.75) is 225 Å². The maximum absolute atomic E-state index is 12.8. The molecule has 0 spiro atoms. The second kappa shape index (κ2) is 35.2. The number of nitrogens with one attached hydrogen (secondary N) is 1. The fourth-order valence-electron chi connectivity index (χ4n) is 6.58. The Morgan fingerprint density at radius 2 is 0.941 bits per heavy atom. The van der Waals surface area contributed by atoms with Gasteiger partial charge in [0.2, 0.25) is 5.91 Å². The Morgan fingerprint density at radius 3 is 1.31 bits per heavy atom. The third-order valence-corrected chi connectivity index (χ3v) is 11.1. The molecule has 0 aliphatic carbocycles. The molecule has 0 radical (unpaired) electrons. The van der Waals surface area contributed by atoms with Crippen molar-refractivity contribution in [3.05, 3.63) is 0 Å². The molecule has 51 heavy (non-hydrogen) atoms. The summed E-state index contributed by atoms with van der Waals surface area (Å²) in [5.74, 6) is -0.147. The minimum Gasteiger partial charge on any atom is -0.391 e. The molecule has 0 aromatic rings. The smallest absolute Gasteiger partial charge is 0.391 e. The molecule has 3 unspecified atom stereocenters. The van der Waals surface area contributed by atoms with Crippen LogP contribution in [0.15, 0.2) is 0 Å². The number of likely N-dealkylation sites (N-methyl/N-ethyl adjacent to an activating group) is 1. The van der Waals surface area contributed by atoms with Crippen molar-refractivity contribution >= 4 is 13.7 Å². The van der Waals surface area contributed by atoms with Gasteiger partial charge in [0.05, 0.1) is 39.9 Å². The van der Waals surface area contributed by atoms with E-state index in [1.54, 1.807) is 0 Å². The molecule has 0 rings (SSSR count). The van der Waals surface area contributed by atoms with Crippen LogP contribution < -0.4 is 5.32 Å². The molecule has 3 N–H and O–H groups in total. The lowest BCUT2D eigenvalue weighted by molar-refractivity contribution is -0.870. The third-order valence-electron chi connectivity index (χ3n) is 10.1. The molecule has 9 heteroatoms. The van der Waals surface area contributed by atoms with Crippen LogP contribution >= 0.6 is 7.82 Å².